The van der Waals surface area contributed by atoms with Crippen molar-refractivity contribution < 1.29 is 14.0 Å². The molecule has 1 saturated heterocycles. The summed E-state index contributed by atoms with van der Waals surface area (Å²) in [6, 6.07) is 4.60. The van der Waals surface area contributed by atoms with Gasteiger partial charge in [-0.3, -0.25) is 14.5 Å². The number of amides is 2. The Morgan fingerprint density at radius 3 is 2.52 bits per heavy atom. The molecule has 5 nitrogen and oxygen atoms in total. The molecule has 1 aromatic rings. The average molecular weight is 349 g/mol. The first-order valence-corrected chi connectivity index (χ1v) is 8.74. The highest BCUT2D eigenvalue weighted by atomic mass is 19.1. The fraction of sp³-hybridized carbons (Fsp3) is 0.579. The molecule has 25 heavy (non-hydrogen) atoms. The van der Waals surface area contributed by atoms with Crippen LogP contribution in [0.4, 0.5) is 4.39 Å². The third kappa shape index (κ3) is 5.81. The minimum atomic E-state index is -0.360. The first kappa shape index (κ1) is 19.4. The van der Waals surface area contributed by atoms with E-state index in [0.717, 1.165) is 13.0 Å². The maximum atomic E-state index is 13.7. The van der Waals surface area contributed by atoms with Crippen LogP contribution in [0, 0.1) is 12.7 Å². The summed E-state index contributed by atoms with van der Waals surface area (Å²) in [6.45, 7) is 10.4. The highest BCUT2D eigenvalue weighted by Crippen LogP contribution is 2.13. The molecule has 2 amide bonds. The van der Waals surface area contributed by atoms with Gasteiger partial charge in [0, 0.05) is 37.3 Å². The van der Waals surface area contributed by atoms with Crippen LogP contribution in [0.5, 0.6) is 0 Å². The Balaban J connectivity index is 1.93. The number of nitrogens with one attached hydrogen (secondary N) is 1. The van der Waals surface area contributed by atoms with E-state index in [4.69, 9.17) is 0 Å². The van der Waals surface area contributed by atoms with Gasteiger partial charge in [0.1, 0.15) is 5.82 Å². The Labute approximate surface area is 149 Å². The summed E-state index contributed by atoms with van der Waals surface area (Å²) < 4.78 is 13.7. The van der Waals surface area contributed by atoms with Crippen molar-refractivity contribution in [3.8, 4) is 0 Å². The third-order valence-corrected chi connectivity index (χ3v) is 4.18. The molecule has 1 fully saturated rings. The van der Waals surface area contributed by atoms with Crippen molar-refractivity contribution in [3.05, 3.63) is 35.1 Å². The van der Waals surface area contributed by atoms with E-state index in [2.05, 4.69) is 10.2 Å². The van der Waals surface area contributed by atoms with E-state index in [0.29, 0.717) is 37.3 Å². The average Bonchev–Trinajstić information content (AvgIpc) is 2.73. The van der Waals surface area contributed by atoms with E-state index in [9.17, 15) is 14.0 Å². The SMILES string of the molecule is Cc1ccc(C(=O)N2CCCN(CC(=O)NC(C)(C)C)CC2)cc1F. The Morgan fingerprint density at radius 2 is 1.88 bits per heavy atom. The van der Waals surface area contributed by atoms with Crippen LogP contribution in [0.2, 0.25) is 0 Å². The maximum Gasteiger partial charge on any atom is 0.254 e. The number of nitrogens with zero attached hydrogens (tertiary/aromatic N) is 2. The zero-order valence-electron chi connectivity index (χ0n) is 15.6. The van der Waals surface area contributed by atoms with Gasteiger partial charge in [0.15, 0.2) is 0 Å². The molecule has 0 spiro atoms. The number of aryl methyl sites for hydroxylation is 1. The normalized spacial score (nSPS) is 16.4. The first-order chi connectivity index (χ1) is 11.7. The van der Waals surface area contributed by atoms with Crippen LogP contribution in [-0.4, -0.2) is 59.9 Å². The minimum Gasteiger partial charge on any atom is -0.350 e. The van der Waals surface area contributed by atoms with Gasteiger partial charge >= 0.3 is 0 Å². The molecule has 6 heteroatoms. The molecule has 0 radical (unpaired) electrons. The third-order valence-electron chi connectivity index (χ3n) is 4.18. The van der Waals surface area contributed by atoms with Crippen molar-refractivity contribution >= 4 is 11.8 Å². The second-order valence-corrected chi connectivity index (χ2v) is 7.68. The predicted octanol–water partition coefficient (Wildman–Crippen LogP) is 2.20. The van der Waals surface area contributed by atoms with Crippen molar-refractivity contribution in [1.29, 1.82) is 0 Å². The van der Waals surface area contributed by atoms with Crippen molar-refractivity contribution in [2.45, 2.75) is 39.7 Å². The molecule has 1 heterocycles. The highest BCUT2D eigenvalue weighted by molar-refractivity contribution is 5.94. The molecule has 0 aromatic heterocycles. The standard InChI is InChI=1S/C19H28FN3O2/c1-14-6-7-15(12-16(14)20)18(25)23-9-5-8-22(10-11-23)13-17(24)21-19(2,3)4/h6-7,12H,5,8-11,13H2,1-4H3,(H,21,24). The lowest BCUT2D eigenvalue weighted by Crippen LogP contribution is -2.46. The van der Waals surface area contributed by atoms with E-state index in [1.807, 2.05) is 20.8 Å². The van der Waals surface area contributed by atoms with Gasteiger partial charge in [-0.2, -0.15) is 0 Å². The summed E-state index contributed by atoms with van der Waals surface area (Å²) in [5.74, 6) is -0.520. The molecule has 0 unspecified atom stereocenters. The lowest BCUT2D eigenvalue weighted by molar-refractivity contribution is -0.123. The van der Waals surface area contributed by atoms with Crippen LogP contribution in [0.1, 0.15) is 43.1 Å². The zero-order valence-corrected chi connectivity index (χ0v) is 15.6. The van der Waals surface area contributed by atoms with Crippen LogP contribution < -0.4 is 5.32 Å². The number of hydrogen-bond acceptors (Lipinski definition) is 3. The monoisotopic (exact) mass is 349 g/mol. The molecule has 0 saturated carbocycles. The fourth-order valence-corrected chi connectivity index (χ4v) is 2.90. The van der Waals surface area contributed by atoms with Crippen LogP contribution in [0.3, 0.4) is 0 Å². The largest absolute Gasteiger partial charge is 0.350 e. The molecule has 138 valence electrons. The molecular formula is C19H28FN3O2. The van der Waals surface area contributed by atoms with Crippen molar-refractivity contribution in [3.63, 3.8) is 0 Å². The summed E-state index contributed by atoms with van der Waals surface area (Å²) in [6.07, 6.45) is 0.795. The number of carbonyl (C=O) groups is 2. The molecule has 1 N–H and O–H groups in total. The van der Waals surface area contributed by atoms with Gasteiger partial charge in [-0.15, -0.1) is 0 Å². The Bertz CT molecular complexity index is 640. The molecule has 1 aliphatic heterocycles. The molecular weight excluding hydrogens is 321 g/mol. The van der Waals surface area contributed by atoms with Crippen LogP contribution >= 0.6 is 0 Å². The van der Waals surface area contributed by atoms with Gasteiger partial charge in [-0.25, -0.2) is 4.39 Å². The molecule has 0 atom stereocenters. The molecule has 1 aliphatic rings. The van der Waals surface area contributed by atoms with E-state index in [1.54, 1.807) is 24.0 Å². The topological polar surface area (TPSA) is 52.7 Å². The van der Waals surface area contributed by atoms with E-state index in [-0.39, 0.29) is 23.2 Å². The zero-order chi connectivity index (χ0) is 18.6. The van der Waals surface area contributed by atoms with Crippen molar-refractivity contribution in [2.75, 3.05) is 32.7 Å². The van der Waals surface area contributed by atoms with E-state index >= 15 is 0 Å². The van der Waals surface area contributed by atoms with Gasteiger partial charge in [-0.05, 0) is 51.8 Å². The molecule has 2 rings (SSSR count). The second kappa shape index (κ2) is 7.95. The van der Waals surface area contributed by atoms with Crippen LogP contribution in [-0.2, 0) is 4.79 Å². The van der Waals surface area contributed by atoms with Gasteiger partial charge in [0.05, 0.1) is 6.54 Å². The summed E-state index contributed by atoms with van der Waals surface area (Å²) >= 11 is 0. The lowest BCUT2D eigenvalue weighted by Gasteiger charge is -2.25. The quantitative estimate of drug-likeness (QED) is 0.910. The summed E-state index contributed by atoms with van der Waals surface area (Å²) in [7, 11) is 0. The van der Waals surface area contributed by atoms with Gasteiger partial charge in [-0.1, -0.05) is 6.07 Å². The maximum absolute atomic E-state index is 13.7. The number of rotatable bonds is 3. The number of hydrogen-bond donors (Lipinski definition) is 1. The number of halogens is 1. The summed E-state index contributed by atoms with van der Waals surface area (Å²) in [5, 5.41) is 2.96. The van der Waals surface area contributed by atoms with E-state index in [1.165, 1.54) is 6.07 Å². The van der Waals surface area contributed by atoms with Gasteiger partial charge in [0.25, 0.3) is 5.91 Å². The smallest absolute Gasteiger partial charge is 0.254 e. The second-order valence-electron chi connectivity index (χ2n) is 7.68. The Morgan fingerprint density at radius 1 is 1.16 bits per heavy atom. The molecule has 0 aliphatic carbocycles. The summed E-state index contributed by atoms with van der Waals surface area (Å²) in [4.78, 5) is 28.5. The van der Waals surface area contributed by atoms with Gasteiger partial charge in [0.2, 0.25) is 5.91 Å². The minimum absolute atomic E-state index is 0.00659. The molecule has 0 bridgehead atoms. The highest BCUT2D eigenvalue weighted by Gasteiger charge is 2.23. The first-order valence-electron chi connectivity index (χ1n) is 8.74. The molecule has 1 aromatic carbocycles. The lowest BCUT2D eigenvalue weighted by atomic mass is 10.1. The van der Waals surface area contributed by atoms with Gasteiger partial charge < -0.3 is 10.2 Å². The fourth-order valence-electron chi connectivity index (χ4n) is 2.90. The Hall–Kier alpha value is -1.95. The Kier molecular flexibility index (Phi) is 6.16. The van der Waals surface area contributed by atoms with Crippen molar-refractivity contribution in [1.82, 2.24) is 15.1 Å². The predicted molar refractivity (Wildman–Crippen MR) is 96.0 cm³/mol. The van der Waals surface area contributed by atoms with Crippen LogP contribution in [0.25, 0.3) is 0 Å². The number of benzene rings is 1. The summed E-state index contributed by atoms with van der Waals surface area (Å²) in [5.41, 5.74) is 0.658. The van der Waals surface area contributed by atoms with Crippen LogP contribution in [0.15, 0.2) is 18.2 Å². The number of carbonyl (C=O) groups excluding carboxylic acids is 2. The van der Waals surface area contributed by atoms with Crippen molar-refractivity contribution in [2.24, 2.45) is 0 Å². The van der Waals surface area contributed by atoms with E-state index < -0.39 is 0 Å².